The molecule has 1 aliphatic heterocycles. The molecule has 1 heterocycles. The molecule has 1 saturated heterocycles. The van der Waals surface area contributed by atoms with E-state index in [1.165, 1.54) is 29.0 Å². The van der Waals surface area contributed by atoms with Gasteiger partial charge in [0.05, 0.1) is 18.1 Å². The first-order valence-electron chi connectivity index (χ1n) is 7.21. The van der Waals surface area contributed by atoms with Crippen LogP contribution in [0.25, 0.3) is 0 Å². The summed E-state index contributed by atoms with van der Waals surface area (Å²) in [6.07, 6.45) is -11.5. The van der Waals surface area contributed by atoms with Crippen molar-refractivity contribution >= 4 is 11.0 Å². The molecule has 0 spiro atoms. The van der Waals surface area contributed by atoms with Crippen LogP contribution in [0.15, 0.2) is 29.2 Å². The summed E-state index contributed by atoms with van der Waals surface area (Å²) in [5, 5.41) is 0. The molecule has 1 aliphatic rings. The number of hydrogen-bond acceptors (Lipinski definition) is 3. The van der Waals surface area contributed by atoms with Gasteiger partial charge >= 0.3 is 12.4 Å². The molecule has 1 unspecified atom stereocenters. The summed E-state index contributed by atoms with van der Waals surface area (Å²) in [5.41, 5.74) is -3.70. The van der Waals surface area contributed by atoms with Crippen molar-refractivity contribution in [1.82, 2.24) is 9.62 Å². The molecule has 2 rings (SSSR count). The topological polar surface area (TPSA) is 41.6 Å². The summed E-state index contributed by atoms with van der Waals surface area (Å²) in [5.74, 6) is 0. The molecule has 0 amide bonds. The fraction of sp³-hybridized carbons (Fsp3) is 0.571. The highest BCUT2D eigenvalue weighted by Crippen LogP contribution is 2.46. The quantitative estimate of drug-likeness (QED) is 0.804. The number of aryl methyl sites for hydroxylation is 1. The smallest absolute Gasteiger partial charge is 0.379 e. The molecule has 0 bridgehead atoms. The zero-order valence-electron chi connectivity index (χ0n) is 13.1. The van der Waals surface area contributed by atoms with Crippen LogP contribution >= 0.6 is 0 Å². The van der Waals surface area contributed by atoms with Gasteiger partial charge in [-0.15, -0.1) is 0 Å². The largest absolute Gasteiger partial charge is 0.430 e. The van der Waals surface area contributed by atoms with Crippen molar-refractivity contribution in [3.8, 4) is 0 Å². The van der Waals surface area contributed by atoms with Crippen LogP contribution in [0.3, 0.4) is 0 Å². The van der Waals surface area contributed by atoms with Crippen molar-refractivity contribution in [3.63, 3.8) is 0 Å². The molecular weight excluding hydrogens is 374 g/mol. The van der Waals surface area contributed by atoms with E-state index < -0.39 is 42.1 Å². The van der Waals surface area contributed by atoms with E-state index in [4.69, 9.17) is 4.74 Å². The Labute approximate surface area is 142 Å². The van der Waals surface area contributed by atoms with Crippen molar-refractivity contribution in [2.45, 2.75) is 29.8 Å². The summed E-state index contributed by atoms with van der Waals surface area (Å²) in [4.78, 5) is -0.000454. The Morgan fingerprint density at radius 2 is 1.48 bits per heavy atom. The Bertz CT molecular complexity index is 597. The minimum Gasteiger partial charge on any atom is -0.379 e. The van der Waals surface area contributed by atoms with Gasteiger partial charge in [-0.1, -0.05) is 17.7 Å². The maximum atomic E-state index is 13.6. The number of nitrogens with zero attached hydrogens (tertiary/aromatic N) is 1. The van der Waals surface area contributed by atoms with Crippen LogP contribution in [-0.2, 0) is 15.7 Å². The third kappa shape index (κ3) is 3.99. The highest BCUT2D eigenvalue weighted by atomic mass is 32.2. The summed E-state index contributed by atoms with van der Waals surface area (Å²) < 4.78 is 100.0. The number of halogens is 6. The normalized spacial score (nSPS) is 19.0. The second kappa shape index (κ2) is 7.22. The average Bonchev–Trinajstić information content (AvgIpc) is 2.51. The Morgan fingerprint density at radius 1 is 1.00 bits per heavy atom. The minimum absolute atomic E-state index is 0.183. The summed E-state index contributed by atoms with van der Waals surface area (Å²) in [7, 11) is -2.73. The Hall–Kier alpha value is -1.17. The molecule has 142 valence electrons. The molecule has 1 N–H and O–H groups in total. The first kappa shape index (κ1) is 20.1. The van der Waals surface area contributed by atoms with Crippen LogP contribution in [-0.4, -0.2) is 53.4 Å². The van der Waals surface area contributed by atoms with Gasteiger partial charge in [-0.3, -0.25) is 4.90 Å². The lowest BCUT2D eigenvalue weighted by Gasteiger charge is -2.46. The zero-order chi connectivity index (χ0) is 18.9. The first-order chi connectivity index (χ1) is 11.5. The van der Waals surface area contributed by atoms with Crippen molar-refractivity contribution in [1.29, 1.82) is 0 Å². The van der Waals surface area contributed by atoms with Gasteiger partial charge in [0.1, 0.15) is 11.0 Å². The highest BCUT2D eigenvalue weighted by molar-refractivity contribution is 7.83. The Kier molecular flexibility index (Phi) is 5.81. The fourth-order valence-electron chi connectivity index (χ4n) is 2.45. The van der Waals surface area contributed by atoms with Crippen LogP contribution in [0, 0.1) is 6.92 Å². The molecule has 0 aromatic heterocycles. The van der Waals surface area contributed by atoms with Crippen molar-refractivity contribution in [3.05, 3.63) is 29.8 Å². The molecule has 11 heteroatoms. The van der Waals surface area contributed by atoms with Gasteiger partial charge in [-0.2, -0.15) is 31.1 Å². The zero-order valence-corrected chi connectivity index (χ0v) is 13.9. The number of hydrogen-bond donors (Lipinski definition) is 1. The predicted molar refractivity (Wildman–Crippen MR) is 78.0 cm³/mol. The lowest BCUT2D eigenvalue weighted by atomic mass is 10.1. The van der Waals surface area contributed by atoms with E-state index in [-0.39, 0.29) is 23.0 Å². The van der Waals surface area contributed by atoms with E-state index in [9.17, 15) is 30.6 Å². The SMILES string of the molecule is Cc1ccc(S(=O)NC(N2CCOCC2)(C(F)(F)F)C(F)(F)F)cc1. The molecular formula is C14H16F6N2O2S. The second-order valence-corrected chi connectivity index (χ2v) is 6.70. The maximum Gasteiger partial charge on any atom is 0.430 e. The number of morpholine rings is 1. The van der Waals surface area contributed by atoms with Crippen LogP contribution in [0.1, 0.15) is 5.56 Å². The maximum absolute atomic E-state index is 13.6. The molecule has 0 aliphatic carbocycles. The molecule has 25 heavy (non-hydrogen) atoms. The van der Waals surface area contributed by atoms with Gasteiger partial charge in [0.2, 0.25) is 0 Å². The Morgan fingerprint density at radius 3 is 1.92 bits per heavy atom. The third-order valence-corrected chi connectivity index (χ3v) is 4.96. The van der Waals surface area contributed by atoms with Crippen LogP contribution in [0.4, 0.5) is 26.3 Å². The second-order valence-electron chi connectivity index (χ2n) is 5.49. The van der Waals surface area contributed by atoms with E-state index in [1.54, 1.807) is 6.92 Å². The summed E-state index contributed by atoms with van der Waals surface area (Å²) >= 11 is 0. The number of nitrogens with one attached hydrogen (secondary N) is 1. The number of ether oxygens (including phenoxy) is 1. The van der Waals surface area contributed by atoms with E-state index in [2.05, 4.69) is 0 Å². The minimum atomic E-state index is -5.75. The van der Waals surface area contributed by atoms with Gasteiger partial charge < -0.3 is 4.74 Å². The summed E-state index contributed by atoms with van der Waals surface area (Å²) in [6, 6.07) is 5.34. The molecule has 4 nitrogen and oxygen atoms in total. The van der Waals surface area contributed by atoms with E-state index in [0.717, 1.165) is 5.56 Å². The predicted octanol–water partition coefficient (Wildman–Crippen LogP) is 2.76. The molecule has 1 aromatic carbocycles. The summed E-state index contributed by atoms with van der Waals surface area (Å²) in [6.45, 7) is -0.0860. The fourth-order valence-corrected chi connectivity index (χ4v) is 3.58. The standard InChI is InChI=1S/C14H16F6N2O2S/c1-10-2-4-11(5-3-10)25(23)21-12(13(15,16)17,14(18,19)20)22-6-8-24-9-7-22/h2-5,21H,6-9H2,1H3. The van der Waals surface area contributed by atoms with Crippen LogP contribution in [0.5, 0.6) is 0 Å². The van der Waals surface area contributed by atoms with E-state index in [1.807, 2.05) is 0 Å². The van der Waals surface area contributed by atoms with Gasteiger partial charge in [0, 0.05) is 13.1 Å². The van der Waals surface area contributed by atoms with Crippen molar-refractivity contribution < 1.29 is 35.3 Å². The molecule has 0 saturated carbocycles. The number of rotatable bonds is 4. The lowest BCUT2D eigenvalue weighted by Crippen LogP contribution is -2.76. The molecule has 1 aromatic rings. The van der Waals surface area contributed by atoms with E-state index in [0.29, 0.717) is 0 Å². The molecule has 1 atom stereocenters. The monoisotopic (exact) mass is 390 g/mol. The number of benzene rings is 1. The molecule has 1 fully saturated rings. The average molecular weight is 390 g/mol. The van der Waals surface area contributed by atoms with Gasteiger partial charge in [0.25, 0.3) is 5.66 Å². The van der Waals surface area contributed by atoms with Gasteiger partial charge in [-0.05, 0) is 19.1 Å². The van der Waals surface area contributed by atoms with Gasteiger partial charge in [-0.25, -0.2) is 4.21 Å². The highest BCUT2D eigenvalue weighted by Gasteiger charge is 2.74. The lowest BCUT2D eigenvalue weighted by molar-refractivity contribution is -0.349. The van der Waals surface area contributed by atoms with Crippen LogP contribution < -0.4 is 4.72 Å². The molecule has 0 radical (unpaired) electrons. The third-order valence-electron chi connectivity index (χ3n) is 3.78. The van der Waals surface area contributed by atoms with Crippen LogP contribution in [0.2, 0.25) is 0 Å². The first-order valence-corrected chi connectivity index (χ1v) is 8.36. The van der Waals surface area contributed by atoms with Crippen molar-refractivity contribution in [2.24, 2.45) is 0 Å². The van der Waals surface area contributed by atoms with Crippen molar-refractivity contribution in [2.75, 3.05) is 26.3 Å². The Balaban J connectivity index is 2.46. The van der Waals surface area contributed by atoms with Gasteiger partial charge in [0.15, 0.2) is 0 Å². The van der Waals surface area contributed by atoms with E-state index >= 15 is 0 Å². The number of alkyl halides is 6.